The van der Waals surface area contributed by atoms with Crippen LogP contribution in [-0.2, 0) is 0 Å². The van der Waals surface area contributed by atoms with Gasteiger partial charge in [-0.1, -0.05) is 0 Å². The van der Waals surface area contributed by atoms with Crippen molar-refractivity contribution in [2.24, 2.45) is 0 Å². The molecule has 8 heteroatoms. The molecule has 134 valence electrons. The lowest BCUT2D eigenvalue weighted by Crippen LogP contribution is -2.11. The number of phenolic OH excluding ortho intramolecular Hbond substituents is 1. The Morgan fingerprint density at radius 3 is 2.69 bits per heavy atom. The second-order valence-corrected chi connectivity index (χ2v) is 6.08. The van der Waals surface area contributed by atoms with E-state index < -0.39 is 11.7 Å². The van der Waals surface area contributed by atoms with Gasteiger partial charge in [-0.25, -0.2) is 9.37 Å². The van der Waals surface area contributed by atoms with E-state index in [0.29, 0.717) is 27.9 Å². The molecule has 3 aromatic rings. The van der Waals surface area contributed by atoms with E-state index in [1.807, 2.05) is 0 Å². The third-order valence-electron chi connectivity index (χ3n) is 3.61. The average molecular weight is 374 g/mol. The number of ether oxygens (including phenoxy) is 2. The molecule has 0 aliphatic carbocycles. The summed E-state index contributed by atoms with van der Waals surface area (Å²) in [6.45, 7) is 0. The normalized spacial score (nSPS) is 10.4. The van der Waals surface area contributed by atoms with Crippen molar-refractivity contribution >= 4 is 22.4 Å². The zero-order valence-electron chi connectivity index (χ0n) is 13.9. The van der Waals surface area contributed by atoms with Gasteiger partial charge in [0.05, 0.1) is 25.5 Å². The van der Waals surface area contributed by atoms with Crippen molar-refractivity contribution in [3.8, 4) is 28.5 Å². The zero-order chi connectivity index (χ0) is 18.7. The van der Waals surface area contributed by atoms with Crippen LogP contribution < -0.4 is 14.8 Å². The Morgan fingerprint density at radius 2 is 2.00 bits per heavy atom. The smallest absolute Gasteiger partial charge is 0.261 e. The summed E-state index contributed by atoms with van der Waals surface area (Å²) in [6, 6.07) is 8.49. The SMILES string of the molecule is COc1ccc(C(=O)Nc2nc(-c3cc(F)ccc3OC)cs2)c(O)c1. The Morgan fingerprint density at radius 1 is 1.19 bits per heavy atom. The van der Waals surface area contributed by atoms with Gasteiger partial charge in [-0.05, 0) is 30.3 Å². The number of thiazole rings is 1. The first-order valence-corrected chi connectivity index (χ1v) is 8.37. The molecule has 2 N–H and O–H groups in total. The van der Waals surface area contributed by atoms with Crippen LogP contribution in [0.2, 0.25) is 0 Å². The number of halogens is 1. The molecule has 0 fully saturated rings. The van der Waals surface area contributed by atoms with Gasteiger partial charge in [-0.2, -0.15) is 0 Å². The molecule has 0 spiro atoms. The number of benzene rings is 2. The number of anilines is 1. The predicted molar refractivity (Wildman–Crippen MR) is 96.7 cm³/mol. The van der Waals surface area contributed by atoms with Gasteiger partial charge < -0.3 is 14.6 Å². The van der Waals surface area contributed by atoms with Crippen molar-refractivity contribution in [1.82, 2.24) is 4.98 Å². The van der Waals surface area contributed by atoms with Crippen molar-refractivity contribution in [3.63, 3.8) is 0 Å². The van der Waals surface area contributed by atoms with Crippen molar-refractivity contribution in [3.05, 3.63) is 53.2 Å². The first-order valence-electron chi connectivity index (χ1n) is 7.49. The summed E-state index contributed by atoms with van der Waals surface area (Å²) in [4.78, 5) is 16.6. The maximum absolute atomic E-state index is 13.5. The van der Waals surface area contributed by atoms with Gasteiger partial charge in [0, 0.05) is 17.0 Å². The second-order valence-electron chi connectivity index (χ2n) is 5.22. The summed E-state index contributed by atoms with van der Waals surface area (Å²) in [5, 5.41) is 14.5. The Bertz CT molecular complexity index is 958. The van der Waals surface area contributed by atoms with Crippen LogP contribution in [-0.4, -0.2) is 30.2 Å². The van der Waals surface area contributed by atoms with E-state index in [-0.39, 0.29) is 11.3 Å². The highest BCUT2D eigenvalue weighted by atomic mass is 32.1. The van der Waals surface area contributed by atoms with E-state index >= 15 is 0 Å². The molecule has 1 aromatic heterocycles. The fourth-order valence-electron chi connectivity index (χ4n) is 2.33. The maximum Gasteiger partial charge on any atom is 0.261 e. The third kappa shape index (κ3) is 3.60. The Labute approximate surface area is 152 Å². The molecule has 0 unspecified atom stereocenters. The van der Waals surface area contributed by atoms with E-state index in [1.165, 1.54) is 55.9 Å². The summed E-state index contributed by atoms with van der Waals surface area (Å²) in [5.74, 6) is -0.221. The minimum atomic E-state index is -0.516. The summed E-state index contributed by atoms with van der Waals surface area (Å²) < 4.78 is 23.7. The molecule has 0 saturated heterocycles. The lowest BCUT2D eigenvalue weighted by atomic mass is 10.1. The number of hydrogen-bond donors (Lipinski definition) is 2. The molecule has 3 rings (SSSR count). The lowest BCUT2D eigenvalue weighted by molar-refractivity contribution is 0.102. The third-order valence-corrected chi connectivity index (χ3v) is 4.37. The van der Waals surface area contributed by atoms with E-state index in [0.717, 1.165) is 0 Å². The summed E-state index contributed by atoms with van der Waals surface area (Å²) in [5.41, 5.74) is 1.04. The van der Waals surface area contributed by atoms with Crippen LogP contribution in [0.15, 0.2) is 41.8 Å². The Kier molecular flexibility index (Phi) is 5.04. The number of rotatable bonds is 5. The molecule has 1 amide bonds. The largest absolute Gasteiger partial charge is 0.507 e. The van der Waals surface area contributed by atoms with Crippen LogP contribution in [0.4, 0.5) is 9.52 Å². The molecule has 0 atom stereocenters. The fraction of sp³-hybridized carbons (Fsp3) is 0.111. The molecule has 6 nitrogen and oxygen atoms in total. The quantitative estimate of drug-likeness (QED) is 0.707. The topological polar surface area (TPSA) is 80.7 Å². The number of nitrogens with one attached hydrogen (secondary N) is 1. The minimum absolute atomic E-state index is 0.0888. The first kappa shape index (κ1) is 17.7. The van der Waals surface area contributed by atoms with Crippen molar-refractivity contribution < 1.29 is 23.8 Å². The van der Waals surface area contributed by atoms with Crippen LogP contribution in [0, 0.1) is 5.82 Å². The van der Waals surface area contributed by atoms with Gasteiger partial charge >= 0.3 is 0 Å². The number of carbonyl (C=O) groups is 1. The van der Waals surface area contributed by atoms with Gasteiger partial charge in [0.15, 0.2) is 5.13 Å². The number of methoxy groups -OCH3 is 2. The van der Waals surface area contributed by atoms with Gasteiger partial charge in [-0.15, -0.1) is 11.3 Å². The van der Waals surface area contributed by atoms with Crippen molar-refractivity contribution in [2.45, 2.75) is 0 Å². The molecule has 0 saturated carbocycles. The van der Waals surface area contributed by atoms with Crippen LogP contribution in [0.5, 0.6) is 17.2 Å². The number of aromatic hydroxyl groups is 1. The molecular formula is C18H15FN2O4S. The molecule has 2 aromatic carbocycles. The second kappa shape index (κ2) is 7.40. The lowest BCUT2D eigenvalue weighted by Gasteiger charge is -2.07. The van der Waals surface area contributed by atoms with Crippen molar-refractivity contribution in [1.29, 1.82) is 0 Å². The number of amides is 1. The van der Waals surface area contributed by atoms with Gasteiger partial charge in [0.2, 0.25) is 0 Å². The predicted octanol–water partition coefficient (Wildman–Crippen LogP) is 3.92. The monoisotopic (exact) mass is 374 g/mol. The molecule has 0 radical (unpaired) electrons. The van der Waals surface area contributed by atoms with Gasteiger partial charge in [-0.3, -0.25) is 10.1 Å². The standard InChI is InChI=1S/C18H15FN2O4S/c1-24-11-4-5-12(15(22)8-11)17(23)21-18-20-14(9-26-18)13-7-10(19)3-6-16(13)25-2/h3-9,22H,1-2H3,(H,20,21,23). The average Bonchev–Trinajstić information content (AvgIpc) is 3.09. The van der Waals surface area contributed by atoms with Crippen LogP contribution in [0.3, 0.4) is 0 Å². The number of phenols is 1. The van der Waals surface area contributed by atoms with Crippen molar-refractivity contribution in [2.75, 3.05) is 19.5 Å². The first-order chi connectivity index (χ1) is 12.5. The molecule has 0 aliphatic heterocycles. The minimum Gasteiger partial charge on any atom is -0.507 e. The molecule has 1 heterocycles. The Hall–Kier alpha value is -3.13. The van der Waals surface area contributed by atoms with Crippen LogP contribution >= 0.6 is 11.3 Å². The van der Waals surface area contributed by atoms with E-state index in [2.05, 4.69) is 10.3 Å². The van der Waals surface area contributed by atoms with Crippen LogP contribution in [0.1, 0.15) is 10.4 Å². The number of hydrogen-bond acceptors (Lipinski definition) is 6. The van der Waals surface area contributed by atoms with Crippen LogP contribution in [0.25, 0.3) is 11.3 Å². The van der Waals surface area contributed by atoms with Gasteiger partial charge in [0.25, 0.3) is 5.91 Å². The molecule has 0 aliphatic rings. The highest BCUT2D eigenvalue weighted by molar-refractivity contribution is 7.14. The molecule has 26 heavy (non-hydrogen) atoms. The van der Waals surface area contributed by atoms with Gasteiger partial charge in [0.1, 0.15) is 23.1 Å². The highest BCUT2D eigenvalue weighted by Gasteiger charge is 2.16. The number of nitrogens with zero attached hydrogens (tertiary/aromatic N) is 1. The number of carbonyl (C=O) groups excluding carboxylic acids is 1. The van der Waals surface area contributed by atoms with E-state index in [9.17, 15) is 14.3 Å². The maximum atomic E-state index is 13.5. The number of aromatic nitrogens is 1. The van der Waals surface area contributed by atoms with E-state index in [1.54, 1.807) is 11.4 Å². The fourth-order valence-corrected chi connectivity index (χ4v) is 3.04. The Balaban J connectivity index is 1.83. The van der Waals surface area contributed by atoms with E-state index in [4.69, 9.17) is 9.47 Å². The molecular weight excluding hydrogens is 359 g/mol. The summed E-state index contributed by atoms with van der Waals surface area (Å²) >= 11 is 1.18. The summed E-state index contributed by atoms with van der Waals surface area (Å²) in [7, 11) is 2.95. The summed E-state index contributed by atoms with van der Waals surface area (Å²) in [6.07, 6.45) is 0. The zero-order valence-corrected chi connectivity index (χ0v) is 14.8. The highest BCUT2D eigenvalue weighted by Crippen LogP contribution is 2.33. The molecule has 0 bridgehead atoms.